The second-order valence-corrected chi connectivity index (χ2v) is 2.91. The fraction of sp³-hybridized carbons (Fsp3) is 0.300. The molecule has 0 saturated carbocycles. The minimum absolute atomic E-state index is 0.735. The quantitative estimate of drug-likeness (QED) is 0.711. The highest BCUT2D eigenvalue weighted by Gasteiger charge is 1.99. The van der Waals surface area contributed by atoms with E-state index in [9.17, 15) is 0 Å². The molecule has 0 fully saturated rings. The van der Waals surface area contributed by atoms with Crippen molar-refractivity contribution in [3.05, 3.63) is 30.6 Å². The Kier molecular flexibility index (Phi) is 2.27. The smallest absolute Gasteiger partial charge is 0.0880 e. The van der Waals surface area contributed by atoms with Gasteiger partial charge in [-0.05, 0) is 18.2 Å². The molecule has 2 aromatic rings. The van der Waals surface area contributed by atoms with E-state index >= 15 is 0 Å². The molecule has 0 amide bonds. The van der Waals surface area contributed by atoms with Gasteiger partial charge in [0, 0.05) is 26.0 Å². The first kappa shape index (κ1) is 8.26. The molecule has 2 heterocycles. The van der Waals surface area contributed by atoms with Gasteiger partial charge in [0.25, 0.3) is 0 Å². The maximum absolute atomic E-state index is 5.02. The Morgan fingerprint density at radius 2 is 2.38 bits per heavy atom. The highest BCUT2D eigenvalue weighted by Crippen LogP contribution is 2.11. The molecule has 2 rings (SSSR count). The molecule has 0 aliphatic carbocycles. The lowest BCUT2D eigenvalue weighted by Gasteiger charge is -2.02. The third-order valence-electron chi connectivity index (χ3n) is 2.07. The van der Waals surface area contributed by atoms with E-state index in [1.54, 1.807) is 7.11 Å². The van der Waals surface area contributed by atoms with Crippen molar-refractivity contribution in [3.8, 4) is 0 Å². The summed E-state index contributed by atoms with van der Waals surface area (Å²) in [6.07, 6.45) is 3.85. The second-order valence-electron chi connectivity index (χ2n) is 2.91. The molecular formula is C10H12N2O. The Balaban J connectivity index is 2.35. The molecule has 3 heteroatoms. The summed E-state index contributed by atoms with van der Waals surface area (Å²) in [5.74, 6) is 0. The molecule has 0 aliphatic heterocycles. The maximum atomic E-state index is 5.02. The van der Waals surface area contributed by atoms with E-state index in [0.29, 0.717) is 0 Å². The van der Waals surface area contributed by atoms with Gasteiger partial charge in [-0.2, -0.15) is 0 Å². The summed E-state index contributed by atoms with van der Waals surface area (Å²) < 4.78 is 7.17. The Morgan fingerprint density at radius 1 is 1.46 bits per heavy atom. The molecule has 3 nitrogen and oxygen atoms in total. The summed E-state index contributed by atoms with van der Waals surface area (Å²) in [7, 11) is 1.71. The van der Waals surface area contributed by atoms with Gasteiger partial charge in [0.2, 0.25) is 0 Å². The van der Waals surface area contributed by atoms with E-state index in [-0.39, 0.29) is 0 Å². The molecule has 0 aliphatic rings. The van der Waals surface area contributed by atoms with Gasteiger partial charge in [0.05, 0.1) is 17.6 Å². The molecule has 0 spiro atoms. The van der Waals surface area contributed by atoms with Crippen LogP contribution in [0.2, 0.25) is 0 Å². The zero-order valence-corrected chi connectivity index (χ0v) is 7.60. The van der Waals surface area contributed by atoms with E-state index in [1.807, 2.05) is 24.5 Å². The van der Waals surface area contributed by atoms with Crippen LogP contribution in [0, 0.1) is 0 Å². The summed E-state index contributed by atoms with van der Waals surface area (Å²) in [6, 6.07) is 6.04. The van der Waals surface area contributed by atoms with Crippen LogP contribution in [0.3, 0.4) is 0 Å². The third-order valence-corrected chi connectivity index (χ3v) is 2.07. The van der Waals surface area contributed by atoms with Crippen LogP contribution in [0.25, 0.3) is 11.0 Å². The van der Waals surface area contributed by atoms with E-state index in [2.05, 4.69) is 15.6 Å². The summed E-state index contributed by atoms with van der Waals surface area (Å²) in [5.41, 5.74) is 2.21. The fourth-order valence-corrected chi connectivity index (χ4v) is 1.41. The molecule has 0 N–H and O–H groups in total. The minimum Gasteiger partial charge on any atom is -0.383 e. The molecule has 0 saturated heterocycles. The average molecular weight is 176 g/mol. The minimum atomic E-state index is 0.735. The van der Waals surface area contributed by atoms with Crippen molar-refractivity contribution in [1.29, 1.82) is 0 Å². The SMILES string of the molecule is COCCn1ccc2ncccc21. The normalized spacial score (nSPS) is 10.8. The van der Waals surface area contributed by atoms with Crippen LogP contribution in [0.15, 0.2) is 30.6 Å². The van der Waals surface area contributed by atoms with Gasteiger partial charge >= 0.3 is 0 Å². The van der Waals surface area contributed by atoms with Crippen molar-refractivity contribution in [2.24, 2.45) is 0 Å². The number of hydrogen-bond acceptors (Lipinski definition) is 2. The summed E-state index contributed by atoms with van der Waals surface area (Å²) in [6.45, 7) is 1.62. The Hall–Kier alpha value is -1.35. The topological polar surface area (TPSA) is 27.1 Å². The molecule has 68 valence electrons. The molecule has 0 aromatic carbocycles. The number of aromatic nitrogens is 2. The largest absolute Gasteiger partial charge is 0.383 e. The van der Waals surface area contributed by atoms with Crippen LogP contribution in [0.1, 0.15) is 0 Å². The van der Waals surface area contributed by atoms with Crippen molar-refractivity contribution in [3.63, 3.8) is 0 Å². The lowest BCUT2D eigenvalue weighted by Crippen LogP contribution is -2.02. The van der Waals surface area contributed by atoms with E-state index < -0.39 is 0 Å². The van der Waals surface area contributed by atoms with E-state index in [0.717, 1.165) is 18.7 Å². The monoisotopic (exact) mass is 176 g/mol. The van der Waals surface area contributed by atoms with Gasteiger partial charge in [0.15, 0.2) is 0 Å². The van der Waals surface area contributed by atoms with Crippen molar-refractivity contribution >= 4 is 11.0 Å². The van der Waals surface area contributed by atoms with Crippen LogP contribution < -0.4 is 0 Å². The number of hydrogen-bond donors (Lipinski definition) is 0. The van der Waals surface area contributed by atoms with Crippen LogP contribution in [0.5, 0.6) is 0 Å². The van der Waals surface area contributed by atoms with Crippen LogP contribution in [-0.4, -0.2) is 23.3 Å². The average Bonchev–Trinajstić information content (AvgIpc) is 2.58. The predicted molar refractivity (Wildman–Crippen MR) is 51.6 cm³/mol. The van der Waals surface area contributed by atoms with Crippen molar-refractivity contribution in [2.75, 3.05) is 13.7 Å². The first-order valence-corrected chi connectivity index (χ1v) is 4.30. The molecule has 0 unspecified atom stereocenters. The molecular weight excluding hydrogens is 164 g/mol. The summed E-state index contributed by atoms with van der Waals surface area (Å²) >= 11 is 0. The van der Waals surface area contributed by atoms with Crippen molar-refractivity contribution in [2.45, 2.75) is 6.54 Å². The third kappa shape index (κ3) is 1.55. The highest BCUT2D eigenvalue weighted by molar-refractivity contribution is 5.75. The first-order valence-electron chi connectivity index (χ1n) is 4.30. The van der Waals surface area contributed by atoms with Crippen LogP contribution in [-0.2, 0) is 11.3 Å². The maximum Gasteiger partial charge on any atom is 0.0880 e. The number of pyridine rings is 1. The van der Waals surface area contributed by atoms with E-state index in [1.165, 1.54) is 5.52 Å². The zero-order chi connectivity index (χ0) is 9.10. The lowest BCUT2D eigenvalue weighted by atomic mass is 10.4. The van der Waals surface area contributed by atoms with Gasteiger partial charge in [-0.3, -0.25) is 4.98 Å². The number of rotatable bonds is 3. The number of ether oxygens (including phenoxy) is 1. The lowest BCUT2D eigenvalue weighted by molar-refractivity contribution is 0.188. The van der Waals surface area contributed by atoms with Gasteiger partial charge in [-0.1, -0.05) is 0 Å². The standard InChI is InChI=1S/C10H12N2O/c1-13-8-7-12-6-4-9-10(12)3-2-5-11-9/h2-6H,7-8H2,1H3. The molecule has 0 bridgehead atoms. The molecule has 0 atom stereocenters. The predicted octanol–water partition coefficient (Wildman–Crippen LogP) is 1.68. The Labute approximate surface area is 77.0 Å². The molecule has 13 heavy (non-hydrogen) atoms. The highest BCUT2D eigenvalue weighted by atomic mass is 16.5. The summed E-state index contributed by atoms with van der Waals surface area (Å²) in [4.78, 5) is 4.25. The first-order chi connectivity index (χ1) is 6.42. The van der Waals surface area contributed by atoms with E-state index in [4.69, 9.17) is 4.74 Å². The molecule has 0 radical (unpaired) electrons. The second kappa shape index (κ2) is 3.58. The van der Waals surface area contributed by atoms with Gasteiger partial charge in [-0.15, -0.1) is 0 Å². The Morgan fingerprint density at radius 3 is 3.23 bits per heavy atom. The fourth-order valence-electron chi connectivity index (χ4n) is 1.41. The van der Waals surface area contributed by atoms with Gasteiger partial charge in [-0.25, -0.2) is 0 Å². The number of fused-ring (bicyclic) bond motifs is 1. The van der Waals surface area contributed by atoms with Gasteiger partial charge < -0.3 is 9.30 Å². The van der Waals surface area contributed by atoms with Crippen molar-refractivity contribution < 1.29 is 4.74 Å². The van der Waals surface area contributed by atoms with Crippen LogP contribution >= 0.6 is 0 Å². The Bertz CT molecular complexity index is 394. The summed E-state index contributed by atoms with van der Waals surface area (Å²) in [5, 5.41) is 0. The zero-order valence-electron chi connectivity index (χ0n) is 7.60. The number of nitrogens with zero attached hydrogens (tertiary/aromatic N) is 2. The van der Waals surface area contributed by atoms with Crippen LogP contribution in [0.4, 0.5) is 0 Å². The van der Waals surface area contributed by atoms with Crippen molar-refractivity contribution in [1.82, 2.24) is 9.55 Å². The number of methoxy groups -OCH3 is 1. The molecule has 2 aromatic heterocycles. The van der Waals surface area contributed by atoms with Gasteiger partial charge in [0.1, 0.15) is 0 Å².